The number of nitriles is 1. The largest absolute Gasteiger partial charge is 0.497 e. The number of methoxy groups -OCH3 is 2. The second kappa shape index (κ2) is 11.9. The van der Waals surface area contributed by atoms with E-state index < -0.39 is 5.91 Å². The molecule has 0 radical (unpaired) electrons. The van der Waals surface area contributed by atoms with Gasteiger partial charge in [-0.3, -0.25) is 4.79 Å². The average Bonchev–Trinajstić information content (AvgIpc) is 2.87. The van der Waals surface area contributed by atoms with E-state index in [0.717, 1.165) is 11.1 Å². The van der Waals surface area contributed by atoms with Gasteiger partial charge in [-0.2, -0.15) is 5.26 Å². The van der Waals surface area contributed by atoms with Crippen LogP contribution in [0.25, 0.3) is 6.08 Å². The van der Waals surface area contributed by atoms with Crippen molar-refractivity contribution in [2.45, 2.75) is 13.0 Å². The third-order valence-electron chi connectivity index (χ3n) is 4.99. The van der Waals surface area contributed by atoms with Crippen LogP contribution in [0.5, 0.6) is 17.2 Å². The van der Waals surface area contributed by atoms with E-state index in [0.29, 0.717) is 41.5 Å². The molecule has 3 rings (SSSR count). The molecule has 6 heteroatoms. The minimum Gasteiger partial charge on any atom is -0.497 e. The molecule has 6 nitrogen and oxygen atoms in total. The topological polar surface area (TPSA) is 80.6 Å². The summed E-state index contributed by atoms with van der Waals surface area (Å²) in [4.78, 5) is 12.7. The summed E-state index contributed by atoms with van der Waals surface area (Å²) in [7, 11) is 3.12. The number of allylic oxidation sites excluding steroid dienone is 1. The summed E-state index contributed by atoms with van der Waals surface area (Å²) in [5, 5.41) is 12.3. The van der Waals surface area contributed by atoms with E-state index in [2.05, 4.69) is 11.9 Å². The highest BCUT2D eigenvalue weighted by Gasteiger charge is 2.15. The molecule has 1 amide bonds. The lowest BCUT2D eigenvalue weighted by atomic mass is 10.0. The molecule has 0 unspecified atom stereocenters. The van der Waals surface area contributed by atoms with Crippen LogP contribution in [-0.4, -0.2) is 20.1 Å². The van der Waals surface area contributed by atoms with Crippen molar-refractivity contribution in [3.05, 3.63) is 102 Å². The smallest absolute Gasteiger partial charge is 0.266 e. The maximum absolute atomic E-state index is 12.7. The molecule has 34 heavy (non-hydrogen) atoms. The Morgan fingerprint density at radius 1 is 1.06 bits per heavy atom. The van der Waals surface area contributed by atoms with Crippen molar-refractivity contribution in [2.24, 2.45) is 0 Å². The zero-order valence-electron chi connectivity index (χ0n) is 19.2. The van der Waals surface area contributed by atoms with Gasteiger partial charge in [-0.15, -0.1) is 6.58 Å². The number of carbonyl (C=O) groups is 1. The molecule has 0 saturated heterocycles. The molecule has 0 aliphatic heterocycles. The summed E-state index contributed by atoms with van der Waals surface area (Å²) < 4.78 is 16.8. The van der Waals surface area contributed by atoms with Gasteiger partial charge in [0.15, 0.2) is 11.5 Å². The van der Waals surface area contributed by atoms with Crippen LogP contribution in [0.3, 0.4) is 0 Å². The number of nitrogens with one attached hydrogen (secondary N) is 1. The van der Waals surface area contributed by atoms with Gasteiger partial charge in [0, 0.05) is 11.3 Å². The molecule has 0 aliphatic rings. The summed E-state index contributed by atoms with van der Waals surface area (Å²) >= 11 is 0. The lowest BCUT2D eigenvalue weighted by molar-refractivity contribution is -0.112. The standard InChI is InChI=1S/C28H26N2O4/c1-4-8-22-15-21(17-26(33-3)27(22)34-19-20-9-6-5-7-10-20)16-23(18-29)28(31)30-24-11-13-25(32-2)14-12-24/h4-7,9-17H,1,8,19H2,2-3H3,(H,30,31)/b23-16-. The number of amides is 1. The van der Waals surface area contributed by atoms with Gasteiger partial charge >= 0.3 is 0 Å². The van der Waals surface area contributed by atoms with Gasteiger partial charge in [-0.25, -0.2) is 0 Å². The van der Waals surface area contributed by atoms with Gasteiger partial charge in [0.25, 0.3) is 5.91 Å². The molecular weight excluding hydrogens is 428 g/mol. The molecule has 0 heterocycles. The zero-order chi connectivity index (χ0) is 24.3. The van der Waals surface area contributed by atoms with E-state index in [1.807, 2.05) is 42.5 Å². The van der Waals surface area contributed by atoms with E-state index in [-0.39, 0.29) is 5.57 Å². The van der Waals surface area contributed by atoms with Crippen molar-refractivity contribution in [1.29, 1.82) is 5.26 Å². The molecule has 1 N–H and O–H groups in total. The van der Waals surface area contributed by atoms with E-state index in [1.165, 1.54) is 6.08 Å². The molecule has 3 aromatic rings. The van der Waals surface area contributed by atoms with Crippen LogP contribution in [0.2, 0.25) is 0 Å². The van der Waals surface area contributed by atoms with E-state index in [9.17, 15) is 10.1 Å². The van der Waals surface area contributed by atoms with Crippen molar-refractivity contribution < 1.29 is 19.0 Å². The van der Waals surface area contributed by atoms with Crippen molar-refractivity contribution in [3.63, 3.8) is 0 Å². The Labute approximate surface area is 199 Å². The first-order valence-electron chi connectivity index (χ1n) is 10.6. The van der Waals surface area contributed by atoms with Crippen molar-refractivity contribution in [2.75, 3.05) is 19.5 Å². The monoisotopic (exact) mass is 454 g/mol. The lowest BCUT2D eigenvalue weighted by Gasteiger charge is -2.16. The number of nitrogens with zero attached hydrogens (tertiary/aromatic N) is 1. The summed E-state index contributed by atoms with van der Waals surface area (Å²) in [6.07, 6.45) is 3.82. The number of hydrogen-bond acceptors (Lipinski definition) is 5. The van der Waals surface area contributed by atoms with Crippen LogP contribution in [0.1, 0.15) is 16.7 Å². The molecule has 0 aliphatic carbocycles. The second-order valence-corrected chi connectivity index (χ2v) is 7.33. The highest BCUT2D eigenvalue weighted by atomic mass is 16.5. The van der Waals surface area contributed by atoms with E-state index in [1.54, 1.807) is 50.6 Å². The fraction of sp³-hybridized carbons (Fsp3) is 0.143. The SMILES string of the molecule is C=CCc1cc(/C=C(/C#N)C(=O)Nc2ccc(OC)cc2)cc(OC)c1OCc1ccccc1. The Balaban J connectivity index is 1.87. The molecule has 0 atom stereocenters. The lowest BCUT2D eigenvalue weighted by Crippen LogP contribution is -2.13. The van der Waals surface area contributed by atoms with Gasteiger partial charge in [0.1, 0.15) is 24.0 Å². The number of carbonyl (C=O) groups excluding carboxylic acids is 1. The minimum absolute atomic E-state index is 0.0413. The predicted octanol–water partition coefficient (Wildman–Crippen LogP) is 5.56. The maximum atomic E-state index is 12.7. The minimum atomic E-state index is -0.513. The first-order chi connectivity index (χ1) is 16.6. The summed E-state index contributed by atoms with van der Waals surface area (Å²) in [6, 6.07) is 22.3. The number of anilines is 1. The first-order valence-corrected chi connectivity index (χ1v) is 10.6. The summed E-state index contributed by atoms with van der Waals surface area (Å²) in [5.41, 5.74) is 3.02. The molecule has 0 bridgehead atoms. The number of rotatable bonds is 10. The van der Waals surface area contributed by atoms with Crippen LogP contribution in [0, 0.1) is 11.3 Å². The Bertz CT molecular complexity index is 1210. The highest BCUT2D eigenvalue weighted by molar-refractivity contribution is 6.09. The number of benzene rings is 3. The molecular formula is C28H26N2O4. The van der Waals surface area contributed by atoms with Crippen LogP contribution in [0.4, 0.5) is 5.69 Å². The summed E-state index contributed by atoms with van der Waals surface area (Å²) in [6.45, 7) is 4.21. The first kappa shape index (κ1) is 24.1. The van der Waals surface area contributed by atoms with Gasteiger partial charge in [-0.05, 0) is 60.0 Å². The van der Waals surface area contributed by atoms with E-state index >= 15 is 0 Å². The van der Waals surface area contributed by atoms with E-state index in [4.69, 9.17) is 14.2 Å². The average molecular weight is 455 g/mol. The van der Waals surface area contributed by atoms with Gasteiger partial charge in [0.05, 0.1) is 14.2 Å². The van der Waals surface area contributed by atoms with Crippen LogP contribution in [0.15, 0.2) is 85.0 Å². The molecule has 0 aromatic heterocycles. The molecule has 3 aromatic carbocycles. The number of hydrogen-bond donors (Lipinski definition) is 1. The van der Waals surface area contributed by atoms with Gasteiger partial charge < -0.3 is 19.5 Å². The van der Waals surface area contributed by atoms with Gasteiger partial charge in [0.2, 0.25) is 0 Å². The fourth-order valence-corrected chi connectivity index (χ4v) is 3.31. The quantitative estimate of drug-likeness (QED) is 0.247. The Morgan fingerprint density at radius 3 is 2.41 bits per heavy atom. The Hall–Kier alpha value is -4.50. The molecule has 0 saturated carbocycles. The fourth-order valence-electron chi connectivity index (χ4n) is 3.31. The molecule has 0 spiro atoms. The maximum Gasteiger partial charge on any atom is 0.266 e. The third-order valence-corrected chi connectivity index (χ3v) is 4.99. The van der Waals surface area contributed by atoms with Crippen LogP contribution < -0.4 is 19.5 Å². The second-order valence-electron chi connectivity index (χ2n) is 7.33. The number of ether oxygens (including phenoxy) is 3. The van der Waals surface area contributed by atoms with Gasteiger partial charge in [-0.1, -0.05) is 36.4 Å². The Kier molecular flexibility index (Phi) is 8.48. The van der Waals surface area contributed by atoms with Crippen molar-refractivity contribution in [1.82, 2.24) is 0 Å². The third kappa shape index (κ3) is 6.27. The molecule has 0 fully saturated rings. The zero-order valence-corrected chi connectivity index (χ0v) is 19.2. The summed E-state index contributed by atoms with van der Waals surface area (Å²) in [5.74, 6) is 1.27. The van der Waals surface area contributed by atoms with Crippen molar-refractivity contribution >= 4 is 17.7 Å². The van der Waals surface area contributed by atoms with Crippen LogP contribution >= 0.6 is 0 Å². The normalized spacial score (nSPS) is 10.7. The molecule has 172 valence electrons. The Morgan fingerprint density at radius 2 is 1.79 bits per heavy atom. The highest BCUT2D eigenvalue weighted by Crippen LogP contribution is 2.35. The van der Waals surface area contributed by atoms with Crippen LogP contribution in [-0.2, 0) is 17.8 Å². The van der Waals surface area contributed by atoms with Crippen molar-refractivity contribution in [3.8, 4) is 23.3 Å². The predicted molar refractivity (Wildman–Crippen MR) is 133 cm³/mol.